The highest BCUT2D eigenvalue weighted by Gasteiger charge is 2.26. The number of halogens is 2. The summed E-state index contributed by atoms with van der Waals surface area (Å²) in [4.78, 5) is 10.8. The van der Waals surface area contributed by atoms with Crippen LogP contribution in [0.1, 0.15) is 31.2 Å². The molecule has 18 heavy (non-hydrogen) atoms. The van der Waals surface area contributed by atoms with Gasteiger partial charge in [0, 0.05) is 6.07 Å². The van der Waals surface area contributed by atoms with Gasteiger partial charge in [0.1, 0.15) is 11.6 Å². The zero-order valence-corrected chi connectivity index (χ0v) is 10.0. The third-order valence-corrected chi connectivity index (χ3v) is 3.72. The van der Waals surface area contributed by atoms with Crippen molar-refractivity contribution in [1.82, 2.24) is 0 Å². The molecule has 0 atom stereocenters. The van der Waals surface area contributed by atoms with Gasteiger partial charge in [0.15, 0.2) is 0 Å². The topological polar surface area (TPSA) is 37.3 Å². The Morgan fingerprint density at radius 1 is 1.22 bits per heavy atom. The lowest BCUT2D eigenvalue weighted by Crippen LogP contribution is -2.22. The summed E-state index contributed by atoms with van der Waals surface area (Å²) in [6.45, 7) is 0. The van der Waals surface area contributed by atoms with Gasteiger partial charge in [-0.3, -0.25) is 4.79 Å². The molecule has 1 fully saturated rings. The molecule has 1 aliphatic carbocycles. The number of carboxylic acid groups (broad SMARTS) is 1. The van der Waals surface area contributed by atoms with E-state index >= 15 is 0 Å². The van der Waals surface area contributed by atoms with E-state index < -0.39 is 17.6 Å². The Morgan fingerprint density at radius 3 is 2.44 bits per heavy atom. The van der Waals surface area contributed by atoms with Crippen LogP contribution in [0.3, 0.4) is 0 Å². The molecule has 0 aromatic heterocycles. The molecule has 0 radical (unpaired) electrons. The van der Waals surface area contributed by atoms with Crippen molar-refractivity contribution < 1.29 is 18.7 Å². The Labute approximate surface area is 105 Å². The zero-order chi connectivity index (χ0) is 13.1. The van der Waals surface area contributed by atoms with Crippen molar-refractivity contribution in [2.45, 2.75) is 32.1 Å². The van der Waals surface area contributed by atoms with Gasteiger partial charge in [-0.15, -0.1) is 0 Å². The second kappa shape index (κ2) is 5.46. The van der Waals surface area contributed by atoms with Gasteiger partial charge in [0.25, 0.3) is 0 Å². The van der Waals surface area contributed by atoms with Gasteiger partial charge in [-0.2, -0.15) is 0 Å². The first-order valence-corrected chi connectivity index (χ1v) is 6.23. The summed E-state index contributed by atoms with van der Waals surface area (Å²) in [5, 5.41) is 8.89. The Balaban J connectivity index is 1.93. The maximum absolute atomic E-state index is 13.5. The smallest absolute Gasteiger partial charge is 0.306 e. The summed E-state index contributed by atoms with van der Waals surface area (Å²) < 4.78 is 26.2. The van der Waals surface area contributed by atoms with Crippen LogP contribution >= 0.6 is 0 Å². The van der Waals surface area contributed by atoms with Crippen molar-refractivity contribution >= 4 is 5.97 Å². The third-order valence-electron chi connectivity index (χ3n) is 3.72. The molecule has 1 saturated carbocycles. The maximum Gasteiger partial charge on any atom is 0.306 e. The van der Waals surface area contributed by atoms with Gasteiger partial charge in [-0.1, -0.05) is 6.07 Å². The van der Waals surface area contributed by atoms with E-state index in [1.54, 1.807) is 0 Å². The van der Waals surface area contributed by atoms with E-state index in [-0.39, 0.29) is 5.92 Å². The molecule has 0 aliphatic heterocycles. The van der Waals surface area contributed by atoms with Gasteiger partial charge in [0.05, 0.1) is 5.92 Å². The summed E-state index contributed by atoms with van der Waals surface area (Å²) in [7, 11) is 0. The number of hydrogen-bond donors (Lipinski definition) is 1. The Morgan fingerprint density at radius 2 is 1.89 bits per heavy atom. The first-order chi connectivity index (χ1) is 8.56. The molecule has 0 bridgehead atoms. The Kier molecular flexibility index (Phi) is 3.94. The fourth-order valence-electron chi connectivity index (χ4n) is 2.61. The molecule has 0 saturated heterocycles. The lowest BCUT2D eigenvalue weighted by atomic mass is 9.79. The highest BCUT2D eigenvalue weighted by Crippen LogP contribution is 2.31. The van der Waals surface area contributed by atoms with E-state index in [2.05, 4.69) is 0 Å². The van der Waals surface area contributed by atoms with Crippen molar-refractivity contribution in [1.29, 1.82) is 0 Å². The number of benzene rings is 1. The third kappa shape index (κ3) is 3.06. The largest absolute Gasteiger partial charge is 0.481 e. The van der Waals surface area contributed by atoms with E-state index in [1.807, 2.05) is 0 Å². The van der Waals surface area contributed by atoms with Crippen molar-refractivity contribution in [3.8, 4) is 0 Å². The highest BCUT2D eigenvalue weighted by molar-refractivity contribution is 5.69. The van der Waals surface area contributed by atoms with Crippen LogP contribution in [0.5, 0.6) is 0 Å². The molecule has 1 aliphatic rings. The van der Waals surface area contributed by atoms with E-state index in [4.69, 9.17) is 5.11 Å². The summed E-state index contributed by atoms with van der Waals surface area (Å²) in [5.74, 6) is -1.75. The first-order valence-electron chi connectivity index (χ1n) is 6.23. The SMILES string of the molecule is O=C(O)C1CCC(Cc2ccc(F)cc2F)CC1. The normalized spacial score (nSPS) is 23.9. The zero-order valence-electron chi connectivity index (χ0n) is 10.0. The van der Waals surface area contributed by atoms with Crippen LogP contribution in [0.2, 0.25) is 0 Å². The van der Waals surface area contributed by atoms with Crippen LogP contribution < -0.4 is 0 Å². The minimum absolute atomic E-state index is 0.251. The fourth-order valence-corrected chi connectivity index (χ4v) is 2.61. The Hall–Kier alpha value is -1.45. The van der Waals surface area contributed by atoms with Crippen LogP contribution in [0, 0.1) is 23.5 Å². The second-order valence-corrected chi connectivity index (χ2v) is 5.00. The van der Waals surface area contributed by atoms with E-state index in [9.17, 15) is 13.6 Å². The van der Waals surface area contributed by atoms with Crippen molar-refractivity contribution in [2.24, 2.45) is 11.8 Å². The van der Waals surface area contributed by atoms with Crippen LogP contribution in [-0.2, 0) is 11.2 Å². The van der Waals surface area contributed by atoms with Crippen molar-refractivity contribution in [3.05, 3.63) is 35.4 Å². The van der Waals surface area contributed by atoms with Crippen LogP contribution in [0.15, 0.2) is 18.2 Å². The molecule has 4 heteroatoms. The predicted molar refractivity (Wildman–Crippen MR) is 63.1 cm³/mol. The minimum atomic E-state index is -0.735. The van der Waals surface area contributed by atoms with Crippen LogP contribution in [0.25, 0.3) is 0 Å². The summed E-state index contributed by atoms with van der Waals surface area (Å²) in [6, 6.07) is 3.65. The average Bonchev–Trinajstić information content (AvgIpc) is 2.33. The first kappa shape index (κ1) is 13.0. The standard InChI is InChI=1S/C14H16F2O2/c15-12-6-5-11(13(16)8-12)7-9-1-3-10(4-2-9)14(17)18/h5-6,8-10H,1-4,7H2,(H,17,18). The van der Waals surface area contributed by atoms with Crippen molar-refractivity contribution in [2.75, 3.05) is 0 Å². The molecule has 0 unspecified atom stereocenters. The molecule has 2 nitrogen and oxygen atoms in total. The molecule has 2 rings (SSSR count). The van der Waals surface area contributed by atoms with Gasteiger partial charge < -0.3 is 5.11 Å². The number of aliphatic carboxylic acids is 1. The summed E-state index contributed by atoms with van der Waals surface area (Å²) in [5.41, 5.74) is 0.523. The number of carbonyl (C=O) groups is 1. The summed E-state index contributed by atoms with van der Waals surface area (Å²) in [6.07, 6.45) is 3.48. The maximum atomic E-state index is 13.5. The average molecular weight is 254 g/mol. The van der Waals surface area contributed by atoms with Crippen LogP contribution in [-0.4, -0.2) is 11.1 Å². The lowest BCUT2D eigenvalue weighted by molar-refractivity contribution is -0.143. The van der Waals surface area contributed by atoms with Gasteiger partial charge in [-0.05, 0) is 49.7 Å². The molecule has 1 aromatic rings. The fraction of sp³-hybridized carbons (Fsp3) is 0.500. The molecule has 1 aromatic carbocycles. The quantitative estimate of drug-likeness (QED) is 0.897. The van der Waals surface area contributed by atoms with Gasteiger partial charge >= 0.3 is 5.97 Å². The number of hydrogen-bond acceptors (Lipinski definition) is 1. The predicted octanol–water partition coefficient (Wildman–Crippen LogP) is 3.40. The minimum Gasteiger partial charge on any atom is -0.481 e. The number of carboxylic acids is 1. The molecule has 0 heterocycles. The molecule has 98 valence electrons. The van der Waals surface area contributed by atoms with Crippen LogP contribution in [0.4, 0.5) is 8.78 Å². The molecular formula is C14H16F2O2. The van der Waals surface area contributed by atoms with Gasteiger partial charge in [-0.25, -0.2) is 8.78 Å². The van der Waals surface area contributed by atoms with E-state index in [0.29, 0.717) is 30.7 Å². The monoisotopic (exact) mass is 254 g/mol. The summed E-state index contributed by atoms with van der Waals surface area (Å²) >= 11 is 0. The molecule has 1 N–H and O–H groups in total. The van der Waals surface area contributed by atoms with E-state index in [1.165, 1.54) is 12.1 Å². The molecule has 0 spiro atoms. The number of rotatable bonds is 3. The van der Waals surface area contributed by atoms with E-state index in [0.717, 1.165) is 18.9 Å². The second-order valence-electron chi connectivity index (χ2n) is 5.00. The Bertz CT molecular complexity index is 437. The van der Waals surface area contributed by atoms with Gasteiger partial charge in [0.2, 0.25) is 0 Å². The van der Waals surface area contributed by atoms with Crippen molar-refractivity contribution in [3.63, 3.8) is 0 Å². The molecule has 0 amide bonds. The lowest BCUT2D eigenvalue weighted by Gasteiger charge is -2.26. The highest BCUT2D eigenvalue weighted by atomic mass is 19.1. The molecular weight excluding hydrogens is 238 g/mol.